The Morgan fingerprint density at radius 1 is 0.333 bits per heavy atom. The van der Waals surface area contributed by atoms with Crippen molar-refractivity contribution >= 4 is 34.2 Å². The number of H-pyrrole nitrogens is 2. The zero-order valence-corrected chi connectivity index (χ0v) is 27.2. The van der Waals surface area contributed by atoms with Crippen LogP contribution in [0.25, 0.3) is 102 Å². The Hall–Kier alpha value is -7.12. The second-order valence-corrected chi connectivity index (χ2v) is 12.5. The molecule has 7 heteroatoms. The van der Waals surface area contributed by atoms with Gasteiger partial charge in [-0.25, -0.2) is 14.6 Å². The van der Waals surface area contributed by atoms with Gasteiger partial charge in [-0.05, 0) is 69.0 Å². The minimum absolute atomic E-state index is 0.593. The minimum Gasteiger partial charge on any atom is -0.354 e. The molecule has 10 rings (SSSR count). The van der Waals surface area contributed by atoms with E-state index >= 15 is 0 Å². The second kappa shape index (κ2) is 11.8. The third-order valence-electron chi connectivity index (χ3n) is 9.49. The topological polar surface area (TPSA) is 96.3 Å². The maximum Gasteiger partial charge on any atom is 0.163 e. The van der Waals surface area contributed by atoms with Gasteiger partial charge in [0.1, 0.15) is 11.4 Å². The molecule has 8 aromatic rings. The lowest BCUT2D eigenvalue weighted by Gasteiger charge is -2.06. The molecule has 2 aliphatic heterocycles. The number of nitrogens with one attached hydrogen (secondary N) is 2. The summed E-state index contributed by atoms with van der Waals surface area (Å²) < 4.78 is 5.47. The van der Waals surface area contributed by atoms with Crippen LogP contribution in [-0.2, 0) is 0 Å². The van der Waals surface area contributed by atoms with Crippen molar-refractivity contribution in [1.29, 1.82) is 0 Å². The molecule has 6 heterocycles. The summed E-state index contributed by atoms with van der Waals surface area (Å²) in [5, 5.41) is 8.91. The van der Waals surface area contributed by atoms with E-state index in [0.29, 0.717) is 22.8 Å². The first-order valence-electron chi connectivity index (χ1n) is 16.8. The molecule has 51 heavy (non-hydrogen) atoms. The summed E-state index contributed by atoms with van der Waals surface area (Å²) in [6.07, 6.45) is 4.23. The molecule has 0 radical (unpaired) electrons. The van der Waals surface area contributed by atoms with Crippen molar-refractivity contribution < 1.29 is 4.63 Å². The van der Waals surface area contributed by atoms with E-state index in [1.807, 2.05) is 48.5 Å². The highest BCUT2D eigenvalue weighted by molar-refractivity contribution is 6.03. The molecule has 8 bridgehead atoms. The molecule has 2 N–H and O–H groups in total. The fraction of sp³-hybridized carbons (Fsp3) is 0. The number of fused-ring (bicyclic) bond motifs is 11. The molecule has 7 nitrogen and oxygen atoms in total. The standard InChI is InChI=1S/C44H28N6O/c1-5-13-27(14-6-1)37-31-21-22-32(45-31)38(28-15-7-2-8-16-28)34-24-26-36(47-34)40(30-19-11-4-12-20-30)42-44-43(49-51-50-44)41(48-42)39(29-17-9-3-10-18-29)35-25-23-33(37)46-35/h1-26,46-47H. The summed E-state index contributed by atoms with van der Waals surface area (Å²) in [6.45, 7) is 0. The van der Waals surface area contributed by atoms with Gasteiger partial charge in [-0.15, -0.1) is 0 Å². The van der Waals surface area contributed by atoms with Crippen LogP contribution in [-0.4, -0.2) is 30.2 Å². The highest BCUT2D eigenvalue weighted by atomic mass is 16.6. The van der Waals surface area contributed by atoms with Crippen LogP contribution < -0.4 is 0 Å². The maximum absolute atomic E-state index is 5.47. The van der Waals surface area contributed by atoms with Gasteiger partial charge in [0.2, 0.25) is 0 Å². The molecule has 0 saturated carbocycles. The van der Waals surface area contributed by atoms with Crippen LogP contribution in [0, 0.1) is 0 Å². The summed E-state index contributed by atoms with van der Waals surface area (Å²) in [4.78, 5) is 18.3. The monoisotopic (exact) mass is 656 g/mol. The molecular formula is C44H28N6O. The van der Waals surface area contributed by atoms with Crippen LogP contribution in [0.2, 0.25) is 0 Å². The molecule has 2 aliphatic rings. The molecule has 0 atom stereocenters. The van der Waals surface area contributed by atoms with E-state index in [4.69, 9.17) is 14.6 Å². The Balaban J connectivity index is 1.44. The van der Waals surface area contributed by atoms with Crippen LogP contribution in [0.1, 0.15) is 11.4 Å². The molecule has 0 fully saturated rings. The van der Waals surface area contributed by atoms with Crippen molar-refractivity contribution in [2.75, 3.05) is 0 Å². The molecule has 4 aromatic carbocycles. The van der Waals surface area contributed by atoms with Crippen LogP contribution in [0.4, 0.5) is 0 Å². The minimum atomic E-state index is 0.593. The van der Waals surface area contributed by atoms with E-state index in [-0.39, 0.29) is 0 Å². The Labute approximate surface area is 292 Å². The molecule has 0 spiro atoms. The van der Waals surface area contributed by atoms with Gasteiger partial charge in [0, 0.05) is 44.3 Å². The predicted octanol–water partition coefficient (Wildman–Crippen LogP) is 10.9. The lowest BCUT2D eigenvalue weighted by atomic mass is 10.0. The van der Waals surface area contributed by atoms with Gasteiger partial charge in [-0.2, -0.15) is 0 Å². The van der Waals surface area contributed by atoms with Crippen molar-refractivity contribution in [3.8, 4) is 67.3 Å². The number of aromatic nitrogens is 6. The first kappa shape index (κ1) is 28.9. The van der Waals surface area contributed by atoms with Gasteiger partial charge in [0.25, 0.3) is 0 Å². The fourth-order valence-corrected chi connectivity index (χ4v) is 7.22. The van der Waals surface area contributed by atoms with Gasteiger partial charge in [0.15, 0.2) is 11.4 Å². The molecule has 0 aliphatic carbocycles. The normalized spacial score (nSPS) is 11.8. The Morgan fingerprint density at radius 3 is 1.04 bits per heavy atom. The molecule has 4 aromatic heterocycles. The lowest BCUT2D eigenvalue weighted by Crippen LogP contribution is -1.89. The SMILES string of the molecule is C1=Cc2nc1c(-c1ccccc1)c1ccc([nH]1)c(-c1ccccc1)c1nc(c(-c3ccccc3)c3ccc([nH]3)c2-c2ccccc2)-c2nonc2-1. The Kier molecular flexibility index (Phi) is 6.67. The van der Waals surface area contributed by atoms with Gasteiger partial charge in [-0.1, -0.05) is 121 Å². The van der Waals surface area contributed by atoms with Crippen molar-refractivity contribution in [2.45, 2.75) is 0 Å². The Morgan fingerprint density at radius 2 is 0.667 bits per heavy atom. The van der Waals surface area contributed by atoms with Crippen LogP contribution >= 0.6 is 0 Å². The van der Waals surface area contributed by atoms with Crippen LogP contribution in [0.5, 0.6) is 0 Å². The largest absolute Gasteiger partial charge is 0.354 e. The number of hydrogen-bond acceptors (Lipinski definition) is 5. The lowest BCUT2D eigenvalue weighted by molar-refractivity contribution is 0.309. The third-order valence-corrected chi connectivity index (χ3v) is 9.49. The van der Waals surface area contributed by atoms with Gasteiger partial charge < -0.3 is 9.97 Å². The van der Waals surface area contributed by atoms with Crippen molar-refractivity contribution in [3.05, 3.63) is 157 Å². The van der Waals surface area contributed by atoms with E-state index in [9.17, 15) is 0 Å². The zero-order valence-electron chi connectivity index (χ0n) is 27.2. The maximum atomic E-state index is 5.47. The zero-order chi connectivity index (χ0) is 33.7. The van der Waals surface area contributed by atoms with E-state index < -0.39 is 0 Å². The number of aromatic amines is 2. The van der Waals surface area contributed by atoms with E-state index in [1.54, 1.807) is 0 Å². The summed E-state index contributed by atoms with van der Waals surface area (Å²) in [5.41, 5.74) is 15.8. The number of benzene rings is 4. The van der Waals surface area contributed by atoms with Crippen LogP contribution in [0.3, 0.4) is 0 Å². The number of nitrogens with zero attached hydrogens (tertiary/aromatic N) is 4. The average molecular weight is 657 g/mol. The van der Waals surface area contributed by atoms with Gasteiger partial charge >= 0.3 is 0 Å². The predicted molar refractivity (Wildman–Crippen MR) is 204 cm³/mol. The Bertz CT molecular complexity index is 2590. The smallest absolute Gasteiger partial charge is 0.163 e. The van der Waals surface area contributed by atoms with Crippen LogP contribution in [0.15, 0.2) is 150 Å². The highest BCUT2D eigenvalue weighted by Crippen LogP contribution is 2.45. The number of rotatable bonds is 4. The summed E-state index contributed by atoms with van der Waals surface area (Å²) >= 11 is 0. The molecule has 0 amide bonds. The molecular weight excluding hydrogens is 629 g/mol. The van der Waals surface area contributed by atoms with Crippen molar-refractivity contribution in [2.24, 2.45) is 0 Å². The first-order chi connectivity index (χ1) is 25.3. The first-order valence-corrected chi connectivity index (χ1v) is 16.8. The summed E-state index contributed by atoms with van der Waals surface area (Å²) in [7, 11) is 0. The second-order valence-electron chi connectivity index (χ2n) is 12.5. The highest BCUT2D eigenvalue weighted by Gasteiger charge is 2.30. The van der Waals surface area contributed by atoms with E-state index in [1.165, 1.54) is 0 Å². The molecule has 240 valence electrons. The summed E-state index contributed by atoms with van der Waals surface area (Å²) in [5.74, 6) is 0. The van der Waals surface area contributed by atoms with Crippen molar-refractivity contribution in [1.82, 2.24) is 30.2 Å². The molecule has 0 saturated heterocycles. The van der Waals surface area contributed by atoms with E-state index in [0.717, 1.165) is 78.0 Å². The average Bonchev–Trinajstić information content (AvgIpc) is 4.03. The quantitative estimate of drug-likeness (QED) is 0.196. The summed E-state index contributed by atoms with van der Waals surface area (Å²) in [6, 6.07) is 49.8. The number of hydrogen-bond donors (Lipinski definition) is 2. The molecule has 0 unspecified atom stereocenters. The van der Waals surface area contributed by atoms with Gasteiger partial charge in [0.05, 0.1) is 11.4 Å². The van der Waals surface area contributed by atoms with Gasteiger partial charge in [-0.3, -0.25) is 0 Å². The fourth-order valence-electron chi connectivity index (χ4n) is 7.22. The van der Waals surface area contributed by atoms with Crippen molar-refractivity contribution in [3.63, 3.8) is 0 Å². The third kappa shape index (κ3) is 4.82. The van der Waals surface area contributed by atoms with E-state index in [2.05, 4.69) is 129 Å².